The number of hydrogen-bond donors (Lipinski definition) is 1. The van der Waals surface area contributed by atoms with Crippen molar-refractivity contribution < 1.29 is 27.1 Å². The van der Waals surface area contributed by atoms with Gasteiger partial charge < -0.3 is 15.0 Å². The van der Waals surface area contributed by atoms with Gasteiger partial charge in [0, 0.05) is 48.3 Å². The van der Waals surface area contributed by atoms with Gasteiger partial charge in [0.15, 0.2) is 5.82 Å². The van der Waals surface area contributed by atoms with Crippen molar-refractivity contribution >= 4 is 17.6 Å². The van der Waals surface area contributed by atoms with Crippen LogP contribution < -0.4 is 10.2 Å². The maximum atomic E-state index is 14.5. The lowest BCUT2D eigenvalue weighted by Crippen LogP contribution is -2.32. The molecule has 0 saturated heterocycles. The molecule has 0 saturated carbocycles. The van der Waals surface area contributed by atoms with Gasteiger partial charge in [-0.05, 0) is 120 Å². The minimum atomic E-state index is -0.308. The van der Waals surface area contributed by atoms with Crippen LogP contribution in [0.1, 0.15) is 85.5 Å². The first-order valence-corrected chi connectivity index (χ1v) is 21.9. The number of hydrogen-bond acceptors (Lipinski definition) is 8. The molecular formula is C51H54F4N6O2. The van der Waals surface area contributed by atoms with Crippen LogP contribution >= 0.6 is 0 Å². The summed E-state index contributed by atoms with van der Waals surface area (Å²) in [4.78, 5) is 33.3. The van der Waals surface area contributed by atoms with E-state index in [1.807, 2.05) is 31.2 Å². The van der Waals surface area contributed by atoms with Gasteiger partial charge in [0.2, 0.25) is 0 Å². The number of esters is 1. The summed E-state index contributed by atoms with van der Waals surface area (Å²) in [6.45, 7) is 11.7. The van der Waals surface area contributed by atoms with Crippen LogP contribution in [0.5, 0.6) is 0 Å². The van der Waals surface area contributed by atoms with Gasteiger partial charge in [-0.25, -0.2) is 37.5 Å². The Hall–Kier alpha value is -6.17. The fraction of sp³-hybridized carbons (Fsp3) is 0.353. The molecule has 0 fully saturated rings. The largest absolute Gasteiger partial charge is 0.466 e. The molecule has 6 aromatic rings. The summed E-state index contributed by atoms with van der Waals surface area (Å²) in [7, 11) is 0. The summed E-state index contributed by atoms with van der Waals surface area (Å²) < 4.78 is 62.3. The second-order valence-corrected chi connectivity index (χ2v) is 16.4. The number of nitrogens with one attached hydrogen (secondary N) is 1. The molecule has 0 radical (unpaired) electrons. The lowest BCUT2D eigenvalue weighted by molar-refractivity contribution is -0.143. The van der Waals surface area contributed by atoms with Crippen molar-refractivity contribution in [3.05, 3.63) is 130 Å². The molecule has 1 N–H and O–H groups in total. The molecule has 2 aliphatic rings. The third kappa shape index (κ3) is 10.7. The van der Waals surface area contributed by atoms with Crippen molar-refractivity contribution in [2.24, 2.45) is 0 Å². The number of anilines is 2. The predicted octanol–water partition coefficient (Wildman–Crippen LogP) is 12.0. The van der Waals surface area contributed by atoms with E-state index in [4.69, 9.17) is 24.7 Å². The maximum Gasteiger partial charge on any atom is 0.305 e. The molecule has 12 heteroatoms. The third-order valence-corrected chi connectivity index (χ3v) is 11.6. The Labute approximate surface area is 367 Å². The normalized spacial score (nSPS) is 13.1. The molecule has 63 heavy (non-hydrogen) atoms. The van der Waals surface area contributed by atoms with Crippen LogP contribution in [-0.4, -0.2) is 52.1 Å². The lowest BCUT2D eigenvalue weighted by atomic mass is 10.00. The Morgan fingerprint density at radius 3 is 1.57 bits per heavy atom. The average molecular weight is 859 g/mol. The van der Waals surface area contributed by atoms with Gasteiger partial charge in [-0.3, -0.25) is 4.79 Å². The molecule has 4 heterocycles. The minimum Gasteiger partial charge on any atom is -0.466 e. The maximum absolute atomic E-state index is 14.5. The Balaban J connectivity index is 0.000000200. The van der Waals surface area contributed by atoms with Crippen LogP contribution in [0.3, 0.4) is 0 Å². The summed E-state index contributed by atoms with van der Waals surface area (Å²) in [5.41, 5.74) is 8.81. The highest BCUT2D eigenvalue weighted by atomic mass is 19.1. The number of aromatic nitrogens is 4. The molecule has 0 spiro atoms. The monoisotopic (exact) mass is 858 g/mol. The van der Waals surface area contributed by atoms with Gasteiger partial charge in [-0.1, -0.05) is 61.4 Å². The van der Waals surface area contributed by atoms with E-state index in [-0.39, 0.29) is 29.2 Å². The fourth-order valence-corrected chi connectivity index (χ4v) is 7.82. The molecule has 8 rings (SSSR count). The number of unbranched alkanes of at least 4 members (excludes halogenated alkanes) is 3. The van der Waals surface area contributed by atoms with Gasteiger partial charge in [0.05, 0.1) is 40.8 Å². The van der Waals surface area contributed by atoms with Crippen LogP contribution in [0.25, 0.3) is 45.0 Å². The van der Waals surface area contributed by atoms with Gasteiger partial charge in [0.1, 0.15) is 29.1 Å². The summed E-state index contributed by atoms with van der Waals surface area (Å²) in [6, 6.07) is 20.2. The smallest absolute Gasteiger partial charge is 0.305 e. The van der Waals surface area contributed by atoms with Crippen molar-refractivity contribution in [3.63, 3.8) is 0 Å². The van der Waals surface area contributed by atoms with Crippen molar-refractivity contribution in [3.8, 4) is 45.0 Å². The molecule has 328 valence electrons. The second-order valence-electron chi connectivity index (χ2n) is 16.4. The van der Waals surface area contributed by atoms with E-state index in [1.165, 1.54) is 24.3 Å². The number of carbonyl (C=O) groups is 1. The molecule has 4 aromatic carbocycles. The fourth-order valence-electron chi connectivity index (χ4n) is 7.82. The standard InChI is InChI=1S/C30H35F2N3O2.C21H19F2N3/c1-4-37-27(36)11-7-5-6-8-16-35-17-9-10-26-30(35)34-29(23-15-13-21(3)25(32)19-23)28(33-26)22-14-12-20(2)24(31)18-22;1-12-5-7-14(10-16(12)22)19-20(15-8-6-13(2)17(23)11-15)26-21-18(25-19)4-3-9-24-21/h12-15,18-19H,4-11,16-17H2,1-3H3;5-8,10-11H,3-4,9H2,1-2H3,(H,24,26). The lowest BCUT2D eigenvalue weighted by Gasteiger charge is -2.30. The highest BCUT2D eigenvalue weighted by molar-refractivity contribution is 5.81. The average Bonchev–Trinajstić information content (AvgIpc) is 3.28. The van der Waals surface area contributed by atoms with Crippen molar-refractivity contribution in [2.75, 3.05) is 36.5 Å². The van der Waals surface area contributed by atoms with Crippen LogP contribution in [0.15, 0.2) is 72.8 Å². The quantitative estimate of drug-likeness (QED) is 0.0739. The number of rotatable bonds is 12. The summed E-state index contributed by atoms with van der Waals surface area (Å²) >= 11 is 0. The van der Waals surface area contributed by atoms with Crippen LogP contribution in [-0.2, 0) is 22.4 Å². The first-order chi connectivity index (χ1) is 30.4. The Morgan fingerprint density at radius 2 is 1.06 bits per heavy atom. The third-order valence-electron chi connectivity index (χ3n) is 11.6. The summed E-state index contributed by atoms with van der Waals surface area (Å²) in [5, 5.41) is 3.26. The molecule has 8 nitrogen and oxygen atoms in total. The number of fused-ring (bicyclic) bond motifs is 2. The zero-order chi connectivity index (χ0) is 44.6. The van der Waals surface area contributed by atoms with Crippen molar-refractivity contribution in [1.82, 2.24) is 19.9 Å². The number of nitrogens with zero attached hydrogens (tertiary/aromatic N) is 5. The van der Waals surface area contributed by atoms with Crippen LogP contribution in [0, 0.1) is 51.0 Å². The molecule has 2 aliphatic heterocycles. The van der Waals surface area contributed by atoms with Crippen molar-refractivity contribution in [2.45, 2.75) is 92.4 Å². The van der Waals surface area contributed by atoms with E-state index in [0.29, 0.717) is 80.3 Å². The minimum absolute atomic E-state index is 0.132. The molecule has 0 bridgehead atoms. The van der Waals surface area contributed by atoms with Gasteiger partial charge in [0.25, 0.3) is 0 Å². The molecule has 0 amide bonds. The number of ether oxygens (including phenoxy) is 1. The SMILES string of the molecule is CCOC(=O)CCCCCCN1CCCc2nc(-c3ccc(C)c(F)c3)c(-c3ccc(C)c(F)c3)nc21.Cc1ccc(-c2nc3c(nc2-c2ccc(C)c(F)c2)NCCC3)cc1F. The van der Waals surface area contributed by atoms with E-state index >= 15 is 0 Å². The Kier molecular flexibility index (Phi) is 14.5. The highest BCUT2D eigenvalue weighted by Crippen LogP contribution is 2.37. The highest BCUT2D eigenvalue weighted by Gasteiger charge is 2.25. The molecule has 0 aliphatic carbocycles. The molecule has 0 atom stereocenters. The summed E-state index contributed by atoms with van der Waals surface area (Å²) in [6.07, 6.45) is 7.80. The van der Waals surface area contributed by atoms with Gasteiger partial charge in [-0.15, -0.1) is 0 Å². The van der Waals surface area contributed by atoms with E-state index in [9.17, 15) is 22.4 Å². The zero-order valence-electron chi connectivity index (χ0n) is 36.7. The van der Waals surface area contributed by atoms with E-state index in [2.05, 4.69) is 10.2 Å². The Morgan fingerprint density at radius 1 is 0.603 bits per heavy atom. The Bertz CT molecular complexity index is 2540. The first-order valence-electron chi connectivity index (χ1n) is 21.9. The molecule has 0 unspecified atom stereocenters. The van der Waals surface area contributed by atoms with Gasteiger partial charge >= 0.3 is 5.97 Å². The predicted molar refractivity (Wildman–Crippen MR) is 242 cm³/mol. The first kappa shape index (κ1) is 44.9. The summed E-state index contributed by atoms with van der Waals surface area (Å²) in [5.74, 6) is 0.221. The van der Waals surface area contributed by atoms with E-state index in [0.717, 1.165) is 94.0 Å². The van der Waals surface area contributed by atoms with Gasteiger partial charge in [-0.2, -0.15) is 0 Å². The topological polar surface area (TPSA) is 93.1 Å². The number of benzene rings is 4. The molecular weight excluding hydrogens is 805 g/mol. The van der Waals surface area contributed by atoms with E-state index < -0.39 is 0 Å². The number of carbonyl (C=O) groups excluding carboxylic acids is 1. The number of halogens is 4. The van der Waals surface area contributed by atoms with Crippen molar-refractivity contribution in [1.29, 1.82) is 0 Å². The molecule has 2 aromatic heterocycles. The van der Waals surface area contributed by atoms with Crippen LogP contribution in [0.2, 0.25) is 0 Å². The van der Waals surface area contributed by atoms with E-state index in [1.54, 1.807) is 52.0 Å². The number of aryl methyl sites for hydroxylation is 6. The van der Waals surface area contributed by atoms with Crippen LogP contribution in [0.4, 0.5) is 29.2 Å². The zero-order valence-corrected chi connectivity index (χ0v) is 36.7. The second kappa shape index (κ2) is 20.3.